The number of hydrogen-bond acceptors (Lipinski definition) is 2. The smallest absolute Gasteiger partial charge is 0.125 e. The van der Waals surface area contributed by atoms with E-state index < -0.39 is 0 Å². The van der Waals surface area contributed by atoms with Gasteiger partial charge < -0.3 is 9.84 Å². The average Bonchev–Trinajstić information content (AvgIpc) is 2.36. The second-order valence-electron chi connectivity index (χ2n) is 4.69. The summed E-state index contributed by atoms with van der Waals surface area (Å²) in [6, 6.07) is 12.0. The normalized spacial score (nSPS) is 10.5. The van der Waals surface area contributed by atoms with Crippen LogP contribution in [0.25, 0.3) is 0 Å². The molecule has 2 aromatic carbocycles. The molecule has 3 heteroatoms. The van der Waals surface area contributed by atoms with Gasteiger partial charge in [0.05, 0.1) is 6.61 Å². The van der Waals surface area contributed by atoms with E-state index in [1.807, 2.05) is 18.2 Å². The summed E-state index contributed by atoms with van der Waals surface area (Å²) in [6.45, 7) is 4.64. The number of rotatable bonds is 4. The number of aliphatic hydroxyl groups is 1. The maximum absolute atomic E-state index is 9.33. The van der Waals surface area contributed by atoms with Gasteiger partial charge in [-0.3, -0.25) is 0 Å². The van der Waals surface area contributed by atoms with E-state index in [1.54, 1.807) is 0 Å². The van der Waals surface area contributed by atoms with Crippen molar-refractivity contribution >= 4 is 15.9 Å². The summed E-state index contributed by atoms with van der Waals surface area (Å²) in [5, 5.41) is 9.33. The van der Waals surface area contributed by atoms with Gasteiger partial charge in [0, 0.05) is 10.0 Å². The molecule has 100 valence electrons. The standard InChI is InChI=1S/C16H17BrO2/c1-11-5-12(2)7-13(6-11)10-19-16-4-3-15(17)8-14(16)9-18/h3-8,18H,9-10H2,1-2H3. The molecule has 0 aromatic heterocycles. The number of aliphatic hydroxyl groups excluding tert-OH is 1. The van der Waals surface area contributed by atoms with Crippen LogP contribution in [0, 0.1) is 13.8 Å². The average molecular weight is 321 g/mol. The van der Waals surface area contributed by atoms with E-state index in [0.29, 0.717) is 6.61 Å². The zero-order chi connectivity index (χ0) is 13.8. The van der Waals surface area contributed by atoms with E-state index in [4.69, 9.17) is 4.74 Å². The molecule has 2 nitrogen and oxygen atoms in total. The van der Waals surface area contributed by atoms with Crippen molar-refractivity contribution in [2.75, 3.05) is 0 Å². The second kappa shape index (κ2) is 6.22. The van der Waals surface area contributed by atoms with Gasteiger partial charge in [-0.25, -0.2) is 0 Å². The summed E-state index contributed by atoms with van der Waals surface area (Å²) < 4.78 is 6.74. The Labute approximate surface area is 122 Å². The summed E-state index contributed by atoms with van der Waals surface area (Å²) in [6.07, 6.45) is 0. The Balaban J connectivity index is 2.14. The Kier molecular flexibility index (Phi) is 4.61. The Hall–Kier alpha value is -1.32. The van der Waals surface area contributed by atoms with Gasteiger partial charge in [-0.05, 0) is 37.6 Å². The monoisotopic (exact) mass is 320 g/mol. The third-order valence-electron chi connectivity index (χ3n) is 2.87. The molecule has 0 spiro atoms. The molecule has 0 aliphatic rings. The summed E-state index contributed by atoms with van der Waals surface area (Å²) >= 11 is 3.39. The molecule has 0 heterocycles. The minimum Gasteiger partial charge on any atom is -0.489 e. The highest BCUT2D eigenvalue weighted by Crippen LogP contribution is 2.24. The Morgan fingerprint density at radius 1 is 1.05 bits per heavy atom. The van der Waals surface area contributed by atoms with Gasteiger partial charge in [-0.1, -0.05) is 45.3 Å². The molecule has 19 heavy (non-hydrogen) atoms. The van der Waals surface area contributed by atoms with Gasteiger partial charge >= 0.3 is 0 Å². The van der Waals surface area contributed by atoms with E-state index >= 15 is 0 Å². The summed E-state index contributed by atoms with van der Waals surface area (Å²) in [5.41, 5.74) is 4.40. The molecule has 0 unspecified atom stereocenters. The van der Waals surface area contributed by atoms with E-state index in [1.165, 1.54) is 11.1 Å². The van der Waals surface area contributed by atoms with Crippen molar-refractivity contribution in [1.82, 2.24) is 0 Å². The Morgan fingerprint density at radius 3 is 2.37 bits per heavy atom. The highest BCUT2D eigenvalue weighted by molar-refractivity contribution is 9.10. The van der Waals surface area contributed by atoms with E-state index in [2.05, 4.69) is 48.0 Å². The molecular formula is C16H17BrO2. The predicted molar refractivity (Wildman–Crippen MR) is 80.3 cm³/mol. The summed E-state index contributed by atoms with van der Waals surface area (Å²) in [4.78, 5) is 0. The maximum Gasteiger partial charge on any atom is 0.125 e. The lowest BCUT2D eigenvalue weighted by molar-refractivity contribution is 0.259. The molecule has 0 radical (unpaired) electrons. The van der Waals surface area contributed by atoms with Crippen molar-refractivity contribution < 1.29 is 9.84 Å². The molecule has 0 saturated heterocycles. The first-order valence-corrected chi connectivity index (χ1v) is 6.97. The first kappa shape index (κ1) is 14.1. The Morgan fingerprint density at radius 2 is 1.74 bits per heavy atom. The van der Waals surface area contributed by atoms with Gasteiger partial charge in [-0.2, -0.15) is 0 Å². The zero-order valence-corrected chi connectivity index (χ0v) is 12.7. The fraction of sp³-hybridized carbons (Fsp3) is 0.250. The molecule has 1 N–H and O–H groups in total. The SMILES string of the molecule is Cc1cc(C)cc(COc2ccc(Br)cc2CO)c1. The van der Waals surface area contributed by atoms with E-state index in [9.17, 15) is 5.11 Å². The van der Waals surface area contributed by atoms with Gasteiger partial charge in [0.2, 0.25) is 0 Å². The van der Waals surface area contributed by atoms with Gasteiger partial charge in [0.15, 0.2) is 0 Å². The molecule has 0 saturated carbocycles. The van der Waals surface area contributed by atoms with Crippen LogP contribution >= 0.6 is 15.9 Å². The molecule has 0 fully saturated rings. The predicted octanol–water partition coefficient (Wildman–Crippen LogP) is 4.14. The zero-order valence-electron chi connectivity index (χ0n) is 11.1. The van der Waals surface area contributed by atoms with Crippen LogP contribution in [0.4, 0.5) is 0 Å². The number of halogens is 1. The molecule has 0 bridgehead atoms. The lowest BCUT2D eigenvalue weighted by Crippen LogP contribution is -1.99. The minimum atomic E-state index is -0.0262. The van der Waals surface area contributed by atoms with E-state index in [-0.39, 0.29) is 6.61 Å². The van der Waals surface area contributed by atoms with Crippen molar-refractivity contribution in [3.8, 4) is 5.75 Å². The number of hydrogen-bond donors (Lipinski definition) is 1. The van der Waals surface area contributed by atoms with Crippen LogP contribution < -0.4 is 4.74 Å². The molecule has 0 aliphatic heterocycles. The van der Waals surface area contributed by atoms with Crippen molar-refractivity contribution in [2.45, 2.75) is 27.1 Å². The lowest BCUT2D eigenvalue weighted by Gasteiger charge is -2.11. The maximum atomic E-state index is 9.33. The fourth-order valence-corrected chi connectivity index (χ4v) is 2.53. The van der Waals surface area contributed by atoms with Crippen LogP contribution in [0.5, 0.6) is 5.75 Å². The third kappa shape index (κ3) is 3.82. The largest absolute Gasteiger partial charge is 0.489 e. The Bertz CT molecular complexity index is 559. The van der Waals surface area contributed by atoms with Gasteiger partial charge in [0.25, 0.3) is 0 Å². The molecule has 0 atom stereocenters. The van der Waals surface area contributed by atoms with Gasteiger partial charge in [-0.15, -0.1) is 0 Å². The molecular weight excluding hydrogens is 304 g/mol. The summed E-state index contributed by atoms with van der Waals surface area (Å²) in [7, 11) is 0. The van der Waals surface area contributed by atoms with Crippen LogP contribution in [0.1, 0.15) is 22.3 Å². The van der Waals surface area contributed by atoms with Crippen LogP contribution in [-0.2, 0) is 13.2 Å². The first-order valence-electron chi connectivity index (χ1n) is 6.18. The van der Waals surface area contributed by atoms with Crippen molar-refractivity contribution in [3.05, 3.63) is 63.1 Å². The molecule has 2 aromatic rings. The van der Waals surface area contributed by atoms with E-state index in [0.717, 1.165) is 21.3 Å². The van der Waals surface area contributed by atoms with Crippen LogP contribution in [0.15, 0.2) is 40.9 Å². The summed E-state index contributed by atoms with van der Waals surface area (Å²) in [5.74, 6) is 0.727. The van der Waals surface area contributed by atoms with Gasteiger partial charge in [0.1, 0.15) is 12.4 Å². The fourth-order valence-electron chi connectivity index (χ4n) is 2.13. The number of aryl methyl sites for hydroxylation is 2. The van der Waals surface area contributed by atoms with Crippen molar-refractivity contribution in [2.24, 2.45) is 0 Å². The number of benzene rings is 2. The highest BCUT2D eigenvalue weighted by Gasteiger charge is 2.04. The van der Waals surface area contributed by atoms with Crippen molar-refractivity contribution in [1.29, 1.82) is 0 Å². The van der Waals surface area contributed by atoms with Crippen LogP contribution in [0.3, 0.4) is 0 Å². The van der Waals surface area contributed by atoms with Crippen LogP contribution in [-0.4, -0.2) is 5.11 Å². The molecule has 2 rings (SSSR count). The lowest BCUT2D eigenvalue weighted by atomic mass is 10.1. The second-order valence-corrected chi connectivity index (χ2v) is 5.61. The molecule has 0 aliphatic carbocycles. The van der Waals surface area contributed by atoms with Crippen molar-refractivity contribution in [3.63, 3.8) is 0 Å². The first-order chi connectivity index (χ1) is 9.08. The topological polar surface area (TPSA) is 29.5 Å². The van der Waals surface area contributed by atoms with Crippen LogP contribution in [0.2, 0.25) is 0 Å². The third-order valence-corrected chi connectivity index (χ3v) is 3.36. The minimum absolute atomic E-state index is 0.0262. The highest BCUT2D eigenvalue weighted by atomic mass is 79.9. The molecule has 0 amide bonds. The number of ether oxygens (including phenoxy) is 1. The quantitative estimate of drug-likeness (QED) is 0.917.